The molecule has 3 nitrogen and oxygen atoms in total. The van der Waals surface area contributed by atoms with E-state index in [9.17, 15) is 4.79 Å². The topological polar surface area (TPSA) is 38.3 Å². The van der Waals surface area contributed by atoms with Gasteiger partial charge in [-0.05, 0) is 50.5 Å². The van der Waals surface area contributed by atoms with Crippen LogP contribution in [0.2, 0.25) is 0 Å². The first-order valence-corrected chi connectivity index (χ1v) is 6.11. The summed E-state index contributed by atoms with van der Waals surface area (Å²) in [6.07, 6.45) is 7.08. The maximum atomic E-state index is 10.9. The lowest BCUT2D eigenvalue weighted by Gasteiger charge is -2.17. The van der Waals surface area contributed by atoms with Gasteiger partial charge in [0.25, 0.3) is 0 Å². The van der Waals surface area contributed by atoms with Gasteiger partial charge in [0.15, 0.2) is 0 Å². The van der Waals surface area contributed by atoms with Crippen LogP contribution in [-0.4, -0.2) is 25.7 Å². The lowest BCUT2D eigenvalue weighted by atomic mass is 10.1. The summed E-state index contributed by atoms with van der Waals surface area (Å²) in [6.45, 7) is 0.965. The Kier molecular flexibility index (Phi) is 3.62. The van der Waals surface area contributed by atoms with Crippen molar-refractivity contribution in [2.45, 2.75) is 44.6 Å². The van der Waals surface area contributed by atoms with Gasteiger partial charge in [0.1, 0.15) is 0 Å². The molecule has 0 spiro atoms. The second-order valence-corrected chi connectivity index (χ2v) is 4.83. The average molecular weight is 211 g/mol. The molecule has 2 rings (SSSR count). The number of hydrogen-bond acceptors (Lipinski definition) is 3. The van der Waals surface area contributed by atoms with Crippen molar-refractivity contribution >= 4 is 5.97 Å². The molecule has 0 unspecified atom stereocenters. The molecule has 2 aliphatic rings. The van der Waals surface area contributed by atoms with Crippen LogP contribution >= 0.6 is 0 Å². The number of carbonyl (C=O) groups excluding carboxylic acids is 1. The molecule has 0 radical (unpaired) electrons. The first-order chi connectivity index (χ1) is 7.31. The summed E-state index contributed by atoms with van der Waals surface area (Å²) in [5.41, 5.74) is 0. The molecule has 2 aliphatic carbocycles. The normalized spacial score (nSPS) is 20.7. The average Bonchev–Trinajstić information content (AvgIpc) is 3.09. The standard InChI is InChI=1S/C12H21NO2/c1-15-11(14)3-2-8-13-12(9-4-5-9)10-6-7-10/h9-10,12-13H,2-8H2,1H3. The minimum atomic E-state index is -0.0915. The highest BCUT2D eigenvalue weighted by Gasteiger charge is 2.40. The molecule has 2 saturated carbocycles. The molecule has 0 aromatic carbocycles. The molecule has 0 saturated heterocycles. The van der Waals surface area contributed by atoms with E-state index in [1.807, 2.05) is 0 Å². The summed E-state index contributed by atoms with van der Waals surface area (Å²) in [4.78, 5) is 10.9. The molecular weight excluding hydrogens is 190 g/mol. The smallest absolute Gasteiger partial charge is 0.305 e. The van der Waals surface area contributed by atoms with Crippen LogP contribution in [0.3, 0.4) is 0 Å². The van der Waals surface area contributed by atoms with Gasteiger partial charge in [-0.3, -0.25) is 4.79 Å². The monoisotopic (exact) mass is 211 g/mol. The molecule has 0 amide bonds. The summed E-state index contributed by atoms with van der Waals surface area (Å²) >= 11 is 0. The summed E-state index contributed by atoms with van der Waals surface area (Å²) < 4.78 is 4.61. The van der Waals surface area contributed by atoms with Gasteiger partial charge in [-0.2, -0.15) is 0 Å². The van der Waals surface area contributed by atoms with Gasteiger partial charge in [-0.25, -0.2) is 0 Å². The van der Waals surface area contributed by atoms with Gasteiger partial charge in [0.05, 0.1) is 7.11 Å². The Morgan fingerprint density at radius 1 is 1.33 bits per heavy atom. The van der Waals surface area contributed by atoms with Gasteiger partial charge in [-0.15, -0.1) is 0 Å². The Labute approximate surface area is 91.6 Å². The van der Waals surface area contributed by atoms with Crippen LogP contribution in [0.25, 0.3) is 0 Å². The number of ether oxygens (including phenoxy) is 1. The van der Waals surface area contributed by atoms with Crippen LogP contribution in [0.5, 0.6) is 0 Å². The van der Waals surface area contributed by atoms with Crippen molar-refractivity contribution < 1.29 is 9.53 Å². The Hall–Kier alpha value is -0.570. The van der Waals surface area contributed by atoms with Crippen LogP contribution in [0.4, 0.5) is 0 Å². The number of hydrogen-bond donors (Lipinski definition) is 1. The minimum Gasteiger partial charge on any atom is -0.469 e. The molecule has 86 valence electrons. The molecule has 0 aliphatic heterocycles. The van der Waals surface area contributed by atoms with Crippen molar-refractivity contribution in [1.82, 2.24) is 5.32 Å². The van der Waals surface area contributed by atoms with Crippen molar-refractivity contribution in [1.29, 1.82) is 0 Å². The summed E-state index contributed by atoms with van der Waals surface area (Å²) in [6, 6.07) is 0.752. The van der Waals surface area contributed by atoms with Gasteiger partial charge in [-0.1, -0.05) is 0 Å². The molecule has 0 heterocycles. The molecule has 15 heavy (non-hydrogen) atoms. The maximum absolute atomic E-state index is 10.9. The molecule has 0 aromatic heterocycles. The number of esters is 1. The molecule has 3 heteroatoms. The number of nitrogens with one attached hydrogen (secondary N) is 1. The highest BCUT2D eigenvalue weighted by molar-refractivity contribution is 5.69. The van der Waals surface area contributed by atoms with E-state index < -0.39 is 0 Å². The predicted molar refractivity (Wildman–Crippen MR) is 58.5 cm³/mol. The maximum Gasteiger partial charge on any atom is 0.305 e. The third kappa shape index (κ3) is 3.49. The van der Waals surface area contributed by atoms with E-state index in [-0.39, 0.29) is 5.97 Å². The van der Waals surface area contributed by atoms with Gasteiger partial charge in [0, 0.05) is 12.5 Å². The van der Waals surface area contributed by atoms with Crippen LogP contribution in [-0.2, 0) is 9.53 Å². The number of rotatable bonds is 7. The Bertz CT molecular complexity index is 210. The molecular formula is C12H21NO2. The Balaban J connectivity index is 1.57. The SMILES string of the molecule is COC(=O)CCCNC(C1CC1)C1CC1. The van der Waals surface area contributed by atoms with E-state index in [1.165, 1.54) is 32.8 Å². The van der Waals surface area contributed by atoms with Crippen molar-refractivity contribution in [2.75, 3.05) is 13.7 Å². The third-order valence-corrected chi connectivity index (χ3v) is 3.43. The number of carbonyl (C=O) groups is 1. The fourth-order valence-corrected chi connectivity index (χ4v) is 2.23. The zero-order valence-electron chi connectivity index (χ0n) is 9.50. The molecule has 0 bridgehead atoms. The van der Waals surface area contributed by atoms with Crippen molar-refractivity contribution in [3.8, 4) is 0 Å². The predicted octanol–water partition coefficient (Wildman–Crippen LogP) is 1.72. The van der Waals surface area contributed by atoms with E-state index in [4.69, 9.17) is 0 Å². The van der Waals surface area contributed by atoms with Gasteiger partial charge < -0.3 is 10.1 Å². The molecule has 1 N–H and O–H groups in total. The number of methoxy groups -OCH3 is 1. The van der Waals surface area contributed by atoms with E-state index in [2.05, 4.69) is 10.1 Å². The van der Waals surface area contributed by atoms with Crippen molar-refractivity contribution in [2.24, 2.45) is 11.8 Å². The van der Waals surface area contributed by atoms with E-state index in [0.29, 0.717) is 6.42 Å². The quantitative estimate of drug-likeness (QED) is 0.514. The third-order valence-electron chi connectivity index (χ3n) is 3.43. The van der Waals surface area contributed by atoms with Crippen molar-refractivity contribution in [3.63, 3.8) is 0 Å². The molecule has 2 fully saturated rings. The Morgan fingerprint density at radius 3 is 2.40 bits per heavy atom. The van der Waals surface area contributed by atoms with Crippen LogP contribution in [0.1, 0.15) is 38.5 Å². The van der Waals surface area contributed by atoms with Gasteiger partial charge >= 0.3 is 5.97 Å². The minimum absolute atomic E-state index is 0.0915. The first kappa shape index (κ1) is 10.9. The summed E-state index contributed by atoms with van der Waals surface area (Å²) in [7, 11) is 1.45. The molecule has 0 atom stereocenters. The highest BCUT2D eigenvalue weighted by Crippen LogP contribution is 2.44. The highest BCUT2D eigenvalue weighted by atomic mass is 16.5. The van der Waals surface area contributed by atoms with Crippen molar-refractivity contribution in [3.05, 3.63) is 0 Å². The fourth-order valence-electron chi connectivity index (χ4n) is 2.23. The zero-order valence-corrected chi connectivity index (χ0v) is 9.50. The largest absolute Gasteiger partial charge is 0.469 e. The lowest BCUT2D eigenvalue weighted by Crippen LogP contribution is -2.34. The van der Waals surface area contributed by atoms with Gasteiger partial charge in [0.2, 0.25) is 0 Å². The van der Waals surface area contributed by atoms with Crippen LogP contribution in [0.15, 0.2) is 0 Å². The first-order valence-electron chi connectivity index (χ1n) is 6.11. The fraction of sp³-hybridized carbons (Fsp3) is 0.917. The zero-order chi connectivity index (χ0) is 10.7. The van der Waals surface area contributed by atoms with Crippen LogP contribution < -0.4 is 5.32 Å². The lowest BCUT2D eigenvalue weighted by molar-refractivity contribution is -0.140. The second-order valence-electron chi connectivity index (χ2n) is 4.83. The van der Waals surface area contributed by atoms with Crippen LogP contribution in [0, 0.1) is 11.8 Å². The summed E-state index contributed by atoms with van der Waals surface area (Å²) in [5, 5.41) is 3.62. The van der Waals surface area contributed by atoms with E-state index in [1.54, 1.807) is 0 Å². The second kappa shape index (κ2) is 4.97. The molecule has 0 aromatic rings. The van der Waals surface area contributed by atoms with E-state index >= 15 is 0 Å². The van der Waals surface area contributed by atoms with E-state index in [0.717, 1.165) is 30.8 Å². The summed E-state index contributed by atoms with van der Waals surface area (Å²) in [5.74, 6) is 1.79. The Morgan fingerprint density at radius 2 is 1.93 bits per heavy atom.